The van der Waals surface area contributed by atoms with Gasteiger partial charge in [0.25, 0.3) is 0 Å². The van der Waals surface area contributed by atoms with Gasteiger partial charge in [0.15, 0.2) is 5.43 Å². The maximum absolute atomic E-state index is 12.4. The van der Waals surface area contributed by atoms with Crippen LogP contribution in [0.1, 0.15) is 17.0 Å². The van der Waals surface area contributed by atoms with Gasteiger partial charge in [0.1, 0.15) is 5.75 Å². The maximum atomic E-state index is 12.4. The van der Waals surface area contributed by atoms with Gasteiger partial charge in [0.2, 0.25) is 0 Å². The minimum atomic E-state index is 0.0183. The maximum Gasteiger partial charge on any atom is 0.188 e. The lowest BCUT2D eigenvalue weighted by Gasteiger charge is -2.10. The molecular formula is C19H19NO2. The minimum Gasteiger partial charge on any atom is -0.496 e. The largest absolute Gasteiger partial charge is 0.496 e. The summed E-state index contributed by atoms with van der Waals surface area (Å²) in [4.78, 5) is 12.4. The number of hydrogen-bond donors (Lipinski definition) is 0. The summed E-state index contributed by atoms with van der Waals surface area (Å²) in [6.45, 7) is 6.07. The van der Waals surface area contributed by atoms with E-state index in [0.29, 0.717) is 0 Å². The molecule has 0 aliphatic rings. The highest BCUT2D eigenvalue weighted by molar-refractivity contribution is 5.93. The second-order valence-electron chi connectivity index (χ2n) is 5.55. The molecule has 0 aliphatic heterocycles. The number of nitrogens with zero attached hydrogens (tertiary/aromatic N) is 1. The van der Waals surface area contributed by atoms with E-state index in [1.165, 1.54) is 5.56 Å². The highest BCUT2D eigenvalue weighted by Gasteiger charge is 2.17. The van der Waals surface area contributed by atoms with Crippen molar-refractivity contribution in [2.75, 3.05) is 7.11 Å². The van der Waals surface area contributed by atoms with E-state index in [-0.39, 0.29) is 5.43 Å². The number of methoxy groups -OCH3 is 1. The lowest BCUT2D eigenvalue weighted by molar-refractivity contribution is 0.420. The molecule has 0 saturated heterocycles. The lowest BCUT2D eigenvalue weighted by Crippen LogP contribution is -2.01. The van der Waals surface area contributed by atoms with Gasteiger partial charge in [-0.3, -0.25) is 4.79 Å². The zero-order valence-corrected chi connectivity index (χ0v) is 13.3. The van der Waals surface area contributed by atoms with Crippen LogP contribution in [0.2, 0.25) is 0 Å². The highest BCUT2D eigenvalue weighted by Crippen LogP contribution is 2.32. The Morgan fingerprint density at radius 2 is 1.50 bits per heavy atom. The van der Waals surface area contributed by atoms with E-state index in [4.69, 9.17) is 4.74 Å². The zero-order chi connectivity index (χ0) is 15.9. The summed E-state index contributed by atoms with van der Waals surface area (Å²) in [5.41, 5.74) is 4.24. The Labute approximate surface area is 129 Å². The van der Waals surface area contributed by atoms with Gasteiger partial charge in [0, 0.05) is 22.5 Å². The SMILES string of the molecule is COc1cccc(=O)c2c(C)n(-c3ccc(C)cc3)c(C)c12. The fourth-order valence-corrected chi connectivity index (χ4v) is 3.08. The van der Waals surface area contributed by atoms with Crippen molar-refractivity contribution in [2.24, 2.45) is 0 Å². The third-order valence-electron chi connectivity index (χ3n) is 4.14. The Kier molecular flexibility index (Phi) is 3.49. The van der Waals surface area contributed by atoms with Crippen molar-refractivity contribution in [1.82, 2.24) is 4.57 Å². The van der Waals surface area contributed by atoms with Gasteiger partial charge >= 0.3 is 0 Å². The molecule has 0 N–H and O–H groups in total. The van der Waals surface area contributed by atoms with E-state index < -0.39 is 0 Å². The Morgan fingerprint density at radius 1 is 0.864 bits per heavy atom. The van der Waals surface area contributed by atoms with Crippen LogP contribution < -0.4 is 10.2 Å². The zero-order valence-electron chi connectivity index (χ0n) is 13.3. The predicted octanol–water partition coefficient (Wildman–Crippen LogP) is 3.92. The monoisotopic (exact) mass is 293 g/mol. The molecule has 3 nitrogen and oxygen atoms in total. The average molecular weight is 293 g/mol. The van der Waals surface area contributed by atoms with Crippen molar-refractivity contribution in [3.05, 3.63) is 69.6 Å². The molecule has 112 valence electrons. The highest BCUT2D eigenvalue weighted by atomic mass is 16.5. The van der Waals surface area contributed by atoms with E-state index >= 15 is 0 Å². The predicted molar refractivity (Wildman–Crippen MR) is 90.3 cm³/mol. The van der Waals surface area contributed by atoms with E-state index in [2.05, 4.69) is 35.8 Å². The summed E-state index contributed by atoms with van der Waals surface area (Å²) in [6.07, 6.45) is 0. The molecule has 0 radical (unpaired) electrons. The van der Waals surface area contributed by atoms with Gasteiger partial charge in [-0.05, 0) is 45.0 Å². The molecule has 3 heteroatoms. The summed E-state index contributed by atoms with van der Waals surface area (Å²) in [6, 6.07) is 13.5. The average Bonchev–Trinajstić information content (AvgIpc) is 2.66. The molecule has 0 spiro atoms. The van der Waals surface area contributed by atoms with Gasteiger partial charge in [-0.2, -0.15) is 0 Å². The number of aromatic nitrogens is 1. The topological polar surface area (TPSA) is 31.2 Å². The van der Waals surface area contributed by atoms with Crippen LogP contribution in [-0.4, -0.2) is 11.7 Å². The quantitative estimate of drug-likeness (QED) is 0.717. The molecule has 0 amide bonds. The molecule has 2 aromatic carbocycles. The summed E-state index contributed by atoms with van der Waals surface area (Å²) in [7, 11) is 1.64. The molecule has 0 aliphatic carbocycles. The molecule has 0 saturated carbocycles. The fraction of sp³-hybridized carbons (Fsp3) is 0.211. The second kappa shape index (κ2) is 5.34. The smallest absolute Gasteiger partial charge is 0.188 e. The third-order valence-corrected chi connectivity index (χ3v) is 4.14. The second-order valence-corrected chi connectivity index (χ2v) is 5.55. The van der Waals surface area contributed by atoms with Crippen LogP contribution in [-0.2, 0) is 0 Å². The van der Waals surface area contributed by atoms with Crippen molar-refractivity contribution in [3.8, 4) is 11.4 Å². The first-order chi connectivity index (χ1) is 10.5. The number of aryl methyl sites for hydroxylation is 3. The van der Waals surface area contributed by atoms with E-state index in [0.717, 1.165) is 33.6 Å². The standard InChI is InChI=1S/C19H19NO2/c1-12-8-10-15(11-9-12)20-13(2)18-16(21)6-5-7-17(22-4)19(18)14(20)3/h5-11H,1-4H3. The number of rotatable bonds is 2. The number of benzene rings is 1. The van der Waals surface area contributed by atoms with Crippen LogP contribution >= 0.6 is 0 Å². The number of hydrogen-bond acceptors (Lipinski definition) is 2. The van der Waals surface area contributed by atoms with Gasteiger partial charge in [0.05, 0.1) is 12.5 Å². The number of ether oxygens (including phenoxy) is 1. The van der Waals surface area contributed by atoms with Gasteiger partial charge in [-0.1, -0.05) is 23.8 Å². The first-order valence-corrected chi connectivity index (χ1v) is 7.30. The molecule has 3 rings (SSSR count). The van der Waals surface area contributed by atoms with E-state index in [1.807, 2.05) is 19.9 Å². The van der Waals surface area contributed by atoms with Crippen molar-refractivity contribution >= 4 is 10.8 Å². The van der Waals surface area contributed by atoms with Crippen LogP contribution in [0.15, 0.2) is 47.3 Å². The molecule has 0 unspecified atom stereocenters. The summed E-state index contributed by atoms with van der Waals surface area (Å²) in [5.74, 6) is 0.726. The van der Waals surface area contributed by atoms with Crippen LogP contribution in [0.25, 0.3) is 16.5 Å². The van der Waals surface area contributed by atoms with Crippen LogP contribution in [0, 0.1) is 20.8 Å². The Balaban J connectivity index is 2.47. The van der Waals surface area contributed by atoms with Gasteiger partial charge in [-0.15, -0.1) is 0 Å². The van der Waals surface area contributed by atoms with Crippen molar-refractivity contribution < 1.29 is 4.74 Å². The molecular weight excluding hydrogens is 274 g/mol. The Bertz CT molecular complexity index is 905. The molecule has 0 atom stereocenters. The molecule has 0 fully saturated rings. The summed E-state index contributed by atoms with van der Waals surface area (Å²) >= 11 is 0. The van der Waals surface area contributed by atoms with Crippen molar-refractivity contribution in [3.63, 3.8) is 0 Å². The minimum absolute atomic E-state index is 0.0183. The van der Waals surface area contributed by atoms with Crippen LogP contribution in [0.5, 0.6) is 5.75 Å². The van der Waals surface area contributed by atoms with Gasteiger partial charge in [-0.25, -0.2) is 0 Å². The van der Waals surface area contributed by atoms with Crippen molar-refractivity contribution in [2.45, 2.75) is 20.8 Å². The van der Waals surface area contributed by atoms with Crippen molar-refractivity contribution in [1.29, 1.82) is 0 Å². The van der Waals surface area contributed by atoms with Gasteiger partial charge < -0.3 is 9.30 Å². The molecule has 1 heterocycles. The molecule has 1 aromatic heterocycles. The third kappa shape index (κ3) is 2.10. The molecule has 22 heavy (non-hydrogen) atoms. The fourth-order valence-electron chi connectivity index (χ4n) is 3.08. The lowest BCUT2D eigenvalue weighted by atomic mass is 10.2. The Morgan fingerprint density at radius 3 is 2.14 bits per heavy atom. The summed E-state index contributed by atoms with van der Waals surface area (Å²) in [5, 5.41) is 1.61. The van der Waals surface area contributed by atoms with Crippen LogP contribution in [0.3, 0.4) is 0 Å². The van der Waals surface area contributed by atoms with E-state index in [9.17, 15) is 4.79 Å². The first-order valence-electron chi connectivity index (χ1n) is 7.30. The molecule has 3 aromatic rings. The Hall–Kier alpha value is -2.55. The normalized spacial score (nSPS) is 10.9. The molecule has 0 bridgehead atoms. The first kappa shape index (κ1) is 14.4. The number of fused-ring (bicyclic) bond motifs is 1. The van der Waals surface area contributed by atoms with Crippen LogP contribution in [0.4, 0.5) is 0 Å². The van der Waals surface area contributed by atoms with E-state index in [1.54, 1.807) is 19.2 Å². The summed E-state index contributed by atoms with van der Waals surface area (Å²) < 4.78 is 7.61.